The minimum atomic E-state index is 0.252. The van der Waals surface area contributed by atoms with E-state index in [1.807, 2.05) is 41.1 Å². The van der Waals surface area contributed by atoms with Gasteiger partial charge in [0, 0.05) is 18.0 Å². The Morgan fingerprint density at radius 1 is 1.00 bits per heavy atom. The van der Waals surface area contributed by atoms with Gasteiger partial charge in [-0.3, -0.25) is 0 Å². The number of phenols is 1. The number of nitrogens with zero attached hydrogens (tertiary/aromatic N) is 2. The van der Waals surface area contributed by atoms with E-state index in [4.69, 9.17) is 7.85 Å². The van der Waals surface area contributed by atoms with Gasteiger partial charge in [0.1, 0.15) is 19.2 Å². The van der Waals surface area contributed by atoms with Crippen LogP contribution in [0.4, 0.5) is 0 Å². The highest BCUT2D eigenvalue weighted by Crippen LogP contribution is 2.21. The third-order valence-electron chi connectivity index (χ3n) is 2.64. The van der Waals surface area contributed by atoms with Gasteiger partial charge in [-0.25, -0.2) is 4.98 Å². The van der Waals surface area contributed by atoms with Crippen LogP contribution >= 0.6 is 0 Å². The summed E-state index contributed by atoms with van der Waals surface area (Å²) in [4.78, 5) is 4.48. The van der Waals surface area contributed by atoms with Gasteiger partial charge in [0.15, 0.2) is 0 Å². The molecule has 3 rings (SSSR count). The molecule has 17 heavy (non-hydrogen) atoms. The number of aromatic nitrogens is 2. The number of hydrogen-bond acceptors (Lipinski definition) is 2. The smallest absolute Gasteiger partial charge is 0.137 e. The molecule has 0 aliphatic rings. The summed E-state index contributed by atoms with van der Waals surface area (Å²) in [6.07, 6.45) is 3.74. The van der Waals surface area contributed by atoms with Crippen molar-refractivity contribution in [2.75, 3.05) is 0 Å². The fourth-order valence-corrected chi connectivity index (χ4v) is 1.78. The van der Waals surface area contributed by atoms with Crippen LogP contribution in [0.5, 0.6) is 5.75 Å². The van der Waals surface area contributed by atoms with Crippen molar-refractivity contribution < 1.29 is 5.11 Å². The third-order valence-corrected chi connectivity index (χ3v) is 2.64. The first-order chi connectivity index (χ1) is 8.22. The average molecular weight is 220 g/mol. The molecule has 3 nitrogen and oxygen atoms in total. The zero-order valence-corrected chi connectivity index (χ0v) is 9.04. The molecular formula is C13H9BN2O. The minimum absolute atomic E-state index is 0.252. The van der Waals surface area contributed by atoms with E-state index in [1.165, 1.54) is 0 Å². The highest BCUT2D eigenvalue weighted by molar-refractivity contribution is 6.32. The number of pyridine rings is 1. The van der Waals surface area contributed by atoms with Crippen LogP contribution in [0.15, 0.2) is 48.8 Å². The topological polar surface area (TPSA) is 37.5 Å². The molecule has 80 valence electrons. The summed E-state index contributed by atoms with van der Waals surface area (Å²) < 4.78 is 1.89. The number of hydrogen-bond donors (Lipinski definition) is 1. The summed E-state index contributed by atoms with van der Waals surface area (Å²) in [5, 5.41) is 9.24. The van der Waals surface area contributed by atoms with E-state index in [0.29, 0.717) is 5.46 Å². The van der Waals surface area contributed by atoms with Crippen LogP contribution < -0.4 is 5.46 Å². The maximum atomic E-state index is 9.24. The van der Waals surface area contributed by atoms with Gasteiger partial charge in [-0.1, -0.05) is 11.5 Å². The first kappa shape index (κ1) is 9.96. The molecule has 1 aromatic carbocycles. The molecule has 0 aliphatic carbocycles. The van der Waals surface area contributed by atoms with Crippen LogP contribution in [-0.4, -0.2) is 22.3 Å². The van der Waals surface area contributed by atoms with E-state index in [-0.39, 0.29) is 5.75 Å². The second kappa shape index (κ2) is 3.66. The van der Waals surface area contributed by atoms with E-state index in [0.717, 1.165) is 16.9 Å². The van der Waals surface area contributed by atoms with Gasteiger partial charge in [-0.05, 0) is 30.3 Å². The summed E-state index contributed by atoms with van der Waals surface area (Å²) in [5.41, 5.74) is 3.37. The largest absolute Gasteiger partial charge is 0.508 e. The fourth-order valence-electron chi connectivity index (χ4n) is 1.78. The zero-order chi connectivity index (χ0) is 11.8. The Bertz CT molecular complexity index is 673. The van der Waals surface area contributed by atoms with E-state index in [9.17, 15) is 5.11 Å². The maximum absolute atomic E-state index is 9.24. The van der Waals surface area contributed by atoms with Crippen molar-refractivity contribution in [3.63, 3.8) is 0 Å². The minimum Gasteiger partial charge on any atom is -0.508 e. The molecule has 0 bridgehead atoms. The van der Waals surface area contributed by atoms with Gasteiger partial charge >= 0.3 is 0 Å². The molecule has 2 radical (unpaired) electrons. The molecule has 2 aromatic heterocycles. The van der Waals surface area contributed by atoms with Gasteiger partial charge in [-0.15, -0.1) is 0 Å². The Hall–Kier alpha value is -2.23. The fraction of sp³-hybridized carbons (Fsp3) is 0. The second-order valence-electron chi connectivity index (χ2n) is 3.90. The van der Waals surface area contributed by atoms with Gasteiger partial charge < -0.3 is 9.51 Å². The molecular weight excluding hydrogens is 211 g/mol. The molecule has 0 aliphatic heterocycles. The molecule has 1 N–H and O–H groups in total. The number of rotatable bonds is 1. The zero-order valence-electron chi connectivity index (χ0n) is 9.04. The Morgan fingerprint density at radius 2 is 1.76 bits per heavy atom. The van der Waals surface area contributed by atoms with Gasteiger partial charge in [0.2, 0.25) is 0 Å². The van der Waals surface area contributed by atoms with Crippen molar-refractivity contribution in [2.24, 2.45) is 0 Å². The Labute approximate surface area is 99.8 Å². The normalized spacial score (nSPS) is 10.8. The number of aromatic hydroxyl groups is 1. The van der Waals surface area contributed by atoms with Crippen molar-refractivity contribution in [3.05, 3.63) is 48.8 Å². The molecule has 2 heterocycles. The summed E-state index contributed by atoms with van der Waals surface area (Å²) in [7, 11) is 5.71. The predicted octanol–water partition coefficient (Wildman–Crippen LogP) is 1.50. The molecule has 0 atom stereocenters. The number of fused-ring (bicyclic) bond motifs is 1. The third kappa shape index (κ3) is 1.78. The first-order valence-corrected chi connectivity index (χ1v) is 5.26. The average Bonchev–Trinajstić information content (AvgIpc) is 2.72. The van der Waals surface area contributed by atoms with Gasteiger partial charge in [0.25, 0.3) is 0 Å². The van der Waals surface area contributed by atoms with E-state index < -0.39 is 0 Å². The Balaban J connectivity index is 2.14. The molecule has 0 saturated carbocycles. The second-order valence-corrected chi connectivity index (χ2v) is 3.90. The highest BCUT2D eigenvalue weighted by atomic mass is 16.3. The summed E-state index contributed by atoms with van der Waals surface area (Å²) in [6, 6.07) is 10.7. The highest BCUT2D eigenvalue weighted by Gasteiger charge is 2.03. The molecule has 0 spiro atoms. The van der Waals surface area contributed by atoms with Crippen LogP contribution in [0.1, 0.15) is 0 Å². The van der Waals surface area contributed by atoms with Crippen LogP contribution in [0.2, 0.25) is 0 Å². The maximum Gasteiger partial charge on any atom is 0.137 e. The molecule has 0 amide bonds. The predicted molar refractivity (Wildman–Crippen MR) is 67.7 cm³/mol. The first-order valence-electron chi connectivity index (χ1n) is 5.26. The Kier molecular flexibility index (Phi) is 2.15. The van der Waals surface area contributed by atoms with Crippen LogP contribution in [0.25, 0.3) is 16.9 Å². The molecule has 4 heteroatoms. The quantitative estimate of drug-likeness (QED) is 0.631. The monoisotopic (exact) mass is 220 g/mol. The van der Waals surface area contributed by atoms with Crippen molar-refractivity contribution in [3.8, 4) is 17.0 Å². The van der Waals surface area contributed by atoms with E-state index >= 15 is 0 Å². The molecule has 0 saturated heterocycles. The van der Waals surface area contributed by atoms with Crippen LogP contribution in [0, 0.1) is 0 Å². The summed E-state index contributed by atoms with van der Waals surface area (Å²) in [5.74, 6) is 0.252. The molecule has 0 fully saturated rings. The Morgan fingerprint density at radius 3 is 2.53 bits per heavy atom. The number of imidazole rings is 1. The number of benzene rings is 1. The van der Waals surface area contributed by atoms with Crippen LogP contribution in [0.3, 0.4) is 0 Å². The summed E-state index contributed by atoms with van der Waals surface area (Å²) in [6.45, 7) is 0. The number of phenolic OH excluding ortho intramolecular Hbond substituents is 1. The molecule has 3 aromatic rings. The van der Waals surface area contributed by atoms with Gasteiger partial charge in [-0.2, -0.15) is 0 Å². The molecule has 0 unspecified atom stereocenters. The van der Waals surface area contributed by atoms with Gasteiger partial charge in [0.05, 0.1) is 5.69 Å². The lowest BCUT2D eigenvalue weighted by Gasteiger charge is -1.95. The van der Waals surface area contributed by atoms with Crippen molar-refractivity contribution in [1.82, 2.24) is 9.38 Å². The lowest BCUT2D eigenvalue weighted by molar-refractivity contribution is 0.475. The van der Waals surface area contributed by atoms with Crippen molar-refractivity contribution in [2.45, 2.75) is 0 Å². The van der Waals surface area contributed by atoms with E-state index in [1.54, 1.807) is 12.1 Å². The lowest BCUT2D eigenvalue weighted by Crippen LogP contribution is -2.03. The van der Waals surface area contributed by atoms with E-state index in [2.05, 4.69) is 4.98 Å². The summed E-state index contributed by atoms with van der Waals surface area (Å²) >= 11 is 0. The lowest BCUT2D eigenvalue weighted by atomic mass is 9.99. The SMILES string of the molecule is [B]c1ccc2nc(-c3ccc(O)cc3)cn2c1. The van der Waals surface area contributed by atoms with Crippen molar-refractivity contribution in [1.29, 1.82) is 0 Å². The van der Waals surface area contributed by atoms with Crippen LogP contribution in [-0.2, 0) is 0 Å². The standard InChI is InChI=1S/C13H9BN2O/c14-10-3-6-13-15-12(8-16(13)7-10)9-1-4-11(17)5-2-9/h1-8,17H. The van der Waals surface area contributed by atoms with Crippen molar-refractivity contribution >= 4 is 19.0 Å².